The normalized spacial score (nSPS) is 16.0. The van der Waals surface area contributed by atoms with Gasteiger partial charge >= 0.3 is 0 Å². The second kappa shape index (κ2) is 9.00. The third-order valence-electron chi connectivity index (χ3n) is 4.95. The van der Waals surface area contributed by atoms with Gasteiger partial charge in [0.1, 0.15) is 17.1 Å². The second-order valence-corrected chi connectivity index (χ2v) is 7.76. The van der Waals surface area contributed by atoms with Gasteiger partial charge in [-0.1, -0.05) is 35.6 Å². The topological polar surface area (TPSA) is 80.2 Å². The molecule has 1 fully saturated rings. The van der Waals surface area contributed by atoms with Gasteiger partial charge in [0, 0.05) is 6.54 Å². The first-order chi connectivity index (χ1) is 14.2. The maximum atomic E-state index is 12.8. The van der Waals surface area contributed by atoms with Crippen LogP contribution in [-0.4, -0.2) is 39.1 Å². The molecule has 0 saturated carbocycles. The molecule has 2 aromatic heterocycles. The monoisotopic (exact) mass is 409 g/mol. The molecule has 1 atom stereocenters. The number of carbonyl (C=O) groups is 1. The van der Waals surface area contributed by atoms with Crippen LogP contribution in [0.2, 0.25) is 0 Å². The zero-order chi connectivity index (χ0) is 20.1. The molecule has 0 radical (unpaired) electrons. The molecule has 0 unspecified atom stereocenters. The summed E-state index contributed by atoms with van der Waals surface area (Å²) in [5, 5.41) is 11.7. The molecule has 29 heavy (non-hydrogen) atoms. The quantitative estimate of drug-likeness (QED) is 0.632. The number of pyridine rings is 1. The van der Waals surface area contributed by atoms with Gasteiger partial charge < -0.3 is 15.0 Å². The first-order valence-corrected chi connectivity index (χ1v) is 10.6. The molecule has 150 valence electrons. The van der Waals surface area contributed by atoms with Crippen LogP contribution in [0.5, 0.6) is 5.75 Å². The highest BCUT2D eigenvalue weighted by Gasteiger charge is 2.30. The molecule has 0 aliphatic carbocycles. The molecule has 3 heterocycles. The molecule has 1 aromatic carbocycles. The average molecular weight is 410 g/mol. The highest BCUT2D eigenvalue weighted by Crippen LogP contribution is 2.32. The molecule has 8 heteroatoms. The molecule has 7 nitrogen and oxygen atoms in total. The summed E-state index contributed by atoms with van der Waals surface area (Å²) in [6.45, 7) is 3.13. The number of hydrogen-bond donors (Lipinski definition) is 1. The van der Waals surface area contributed by atoms with E-state index in [0.717, 1.165) is 36.4 Å². The second-order valence-electron chi connectivity index (χ2n) is 6.93. The Balaban J connectivity index is 1.38. The molecule has 1 amide bonds. The van der Waals surface area contributed by atoms with E-state index in [1.807, 2.05) is 54.3 Å². The summed E-state index contributed by atoms with van der Waals surface area (Å²) in [6, 6.07) is 13.7. The lowest BCUT2D eigenvalue weighted by molar-refractivity contribution is -0.132. The Labute approximate surface area is 173 Å². The van der Waals surface area contributed by atoms with Crippen molar-refractivity contribution in [3.8, 4) is 5.75 Å². The standard InChI is InChI=1S/C21H23N5O2S/c1-15-6-2-3-9-18(15)28-13-11-20(27)26-12-5-8-17(26)16-7-4-10-19(23-16)24-21-25-22-14-29-21/h2-4,6-7,9-10,14,17H,5,8,11-13H2,1H3,(H,23,24,25)/t17-/m0/s1. The molecule has 3 aromatic rings. The molecule has 1 N–H and O–H groups in total. The predicted octanol–water partition coefficient (Wildman–Crippen LogP) is 4.12. The number of benzene rings is 1. The van der Waals surface area contributed by atoms with E-state index in [0.29, 0.717) is 24.0 Å². The van der Waals surface area contributed by atoms with Gasteiger partial charge in [-0.15, -0.1) is 10.2 Å². The molecule has 0 bridgehead atoms. The Morgan fingerprint density at radius 1 is 1.28 bits per heavy atom. The number of nitrogens with one attached hydrogen (secondary N) is 1. The van der Waals surface area contributed by atoms with Gasteiger partial charge in [-0.3, -0.25) is 4.79 Å². The average Bonchev–Trinajstić information content (AvgIpc) is 3.41. The van der Waals surface area contributed by atoms with Gasteiger partial charge in [0.15, 0.2) is 0 Å². The number of ether oxygens (including phenoxy) is 1. The maximum Gasteiger partial charge on any atom is 0.226 e. The van der Waals surface area contributed by atoms with Gasteiger partial charge in [0.2, 0.25) is 11.0 Å². The van der Waals surface area contributed by atoms with Gasteiger partial charge in [-0.25, -0.2) is 4.98 Å². The van der Waals surface area contributed by atoms with Gasteiger partial charge in [-0.2, -0.15) is 0 Å². The van der Waals surface area contributed by atoms with Crippen LogP contribution in [-0.2, 0) is 4.79 Å². The lowest BCUT2D eigenvalue weighted by Crippen LogP contribution is -2.32. The van der Waals surface area contributed by atoms with Crippen LogP contribution in [0.25, 0.3) is 0 Å². The van der Waals surface area contributed by atoms with Crippen molar-refractivity contribution in [1.29, 1.82) is 0 Å². The van der Waals surface area contributed by atoms with E-state index < -0.39 is 0 Å². The first kappa shape index (κ1) is 19.3. The number of carbonyl (C=O) groups excluding carboxylic acids is 1. The molecular weight excluding hydrogens is 386 g/mol. The maximum absolute atomic E-state index is 12.8. The minimum atomic E-state index is -0.00266. The Morgan fingerprint density at radius 3 is 3.00 bits per heavy atom. The van der Waals surface area contributed by atoms with Crippen LogP contribution in [0.3, 0.4) is 0 Å². The number of anilines is 2. The first-order valence-electron chi connectivity index (χ1n) is 9.69. The van der Waals surface area contributed by atoms with Crippen LogP contribution in [0, 0.1) is 6.92 Å². The summed E-state index contributed by atoms with van der Waals surface area (Å²) in [5.74, 6) is 1.64. The lowest BCUT2D eigenvalue weighted by Gasteiger charge is -2.25. The van der Waals surface area contributed by atoms with Crippen molar-refractivity contribution in [2.45, 2.75) is 32.2 Å². The van der Waals surface area contributed by atoms with E-state index >= 15 is 0 Å². The highest BCUT2D eigenvalue weighted by molar-refractivity contribution is 7.13. The largest absolute Gasteiger partial charge is 0.493 e. The van der Waals surface area contributed by atoms with Crippen molar-refractivity contribution in [3.05, 3.63) is 59.2 Å². The fraction of sp³-hybridized carbons (Fsp3) is 0.333. The summed E-state index contributed by atoms with van der Waals surface area (Å²) < 4.78 is 5.80. The zero-order valence-corrected chi connectivity index (χ0v) is 17.1. The van der Waals surface area contributed by atoms with Crippen molar-refractivity contribution in [1.82, 2.24) is 20.1 Å². The minimum Gasteiger partial charge on any atom is -0.493 e. The third-order valence-corrected chi connectivity index (χ3v) is 5.55. The molecule has 0 spiro atoms. The predicted molar refractivity (Wildman–Crippen MR) is 112 cm³/mol. The molecule has 1 aliphatic rings. The van der Waals surface area contributed by atoms with Gasteiger partial charge in [0.05, 0.1) is 24.8 Å². The van der Waals surface area contributed by atoms with E-state index in [1.54, 1.807) is 5.51 Å². The minimum absolute atomic E-state index is 0.00266. The molecule has 4 rings (SSSR count). The number of nitrogens with zero attached hydrogens (tertiary/aromatic N) is 4. The number of rotatable bonds is 7. The van der Waals surface area contributed by atoms with E-state index in [2.05, 4.69) is 15.5 Å². The van der Waals surface area contributed by atoms with Gasteiger partial charge in [-0.05, 0) is 43.5 Å². The number of para-hydroxylation sites is 1. The Hall–Kier alpha value is -3.00. The summed E-state index contributed by atoms with van der Waals surface area (Å²) in [7, 11) is 0. The smallest absolute Gasteiger partial charge is 0.226 e. The number of aryl methyl sites for hydroxylation is 1. The van der Waals surface area contributed by atoms with Crippen LogP contribution >= 0.6 is 11.3 Å². The zero-order valence-electron chi connectivity index (χ0n) is 16.2. The summed E-state index contributed by atoms with van der Waals surface area (Å²) >= 11 is 1.42. The number of aromatic nitrogens is 3. The van der Waals surface area contributed by atoms with Crippen LogP contribution < -0.4 is 10.1 Å². The van der Waals surface area contributed by atoms with Crippen molar-refractivity contribution in [2.24, 2.45) is 0 Å². The Kier molecular flexibility index (Phi) is 6.00. The number of hydrogen-bond acceptors (Lipinski definition) is 7. The Bertz CT molecular complexity index is 963. The molecule has 1 aliphatic heterocycles. The third kappa shape index (κ3) is 4.71. The van der Waals surface area contributed by atoms with Crippen LogP contribution in [0.1, 0.15) is 36.6 Å². The van der Waals surface area contributed by atoms with Crippen LogP contribution in [0.15, 0.2) is 48.0 Å². The lowest BCUT2D eigenvalue weighted by atomic mass is 10.1. The van der Waals surface area contributed by atoms with Crippen LogP contribution in [0.4, 0.5) is 10.9 Å². The van der Waals surface area contributed by atoms with E-state index in [9.17, 15) is 4.79 Å². The van der Waals surface area contributed by atoms with E-state index in [4.69, 9.17) is 9.72 Å². The van der Waals surface area contributed by atoms with Crippen molar-refractivity contribution in [3.63, 3.8) is 0 Å². The van der Waals surface area contributed by atoms with Gasteiger partial charge in [0.25, 0.3) is 0 Å². The summed E-state index contributed by atoms with van der Waals surface area (Å²) in [6.07, 6.45) is 2.25. The molecule has 1 saturated heterocycles. The van der Waals surface area contributed by atoms with Crippen molar-refractivity contribution < 1.29 is 9.53 Å². The fourth-order valence-electron chi connectivity index (χ4n) is 3.53. The van der Waals surface area contributed by atoms with E-state index in [-0.39, 0.29) is 11.9 Å². The SMILES string of the molecule is Cc1ccccc1OCCC(=O)N1CCC[C@H]1c1cccc(Nc2nncs2)n1. The fourth-order valence-corrected chi connectivity index (χ4v) is 3.98. The van der Waals surface area contributed by atoms with Crippen molar-refractivity contribution in [2.75, 3.05) is 18.5 Å². The van der Waals surface area contributed by atoms with E-state index in [1.165, 1.54) is 11.3 Å². The van der Waals surface area contributed by atoms with Crippen molar-refractivity contribution >= 4 is 28.2 Å². The number of amides is 1. The Morgan fingerprint density at radius 2 is 2.17 bits per heavy atom. The highest BCUT2D eigenvalue weighted by atomic mass is 32.1. The molecular formula is C21H23N5O2S. The summed E-state index contributed by atoms with van der Waals surface area (Å²) in [4.78, 5) is 19.5. The summed E-state index contributed by atoms with van der Waals surface area (Å²) in [5.41, 5.74) is 3.64. The number of likely N-dealkylation sites (tertiary alicyclic amines) is 1.